The van der Waals surface area contributed by atoms with Crippen molar-refractivity contribution in [2.45, 2.75) is 26.9 Å². The van der Waals surface area contributed by atoms with E-state index in [0.29, 0.717) is 13.1 Å². The molecule has 2 rings (SSSR count). The van der Waals surface area contributed by atoms with Crippen molar-refractivity contribution < 1.29 is 4.52 Å². The van der Waals surface area contributed by atoms with Crippen molar-refractivity contribution in [3.63, 3.8) is 0 Å². The first-order valence-electron chi connectivity index (χ1n) is 4.71. The highest BCUT2D eigenvalue weighted by Crippen LogP contribution is 2.06. The summed E-state index contributed by atoms with van der Waals surface area (Å²) in [4.78, 5) is 4.20. The van der Waals surface area contributed by atoms with E-state index in [2.05, 4.69) is 15.2 Å². The van der Waals surface area contributed by atoms with Crippen molar-refractivity contribution in [3.8, 4) is 0 Å². The molecule has 2 heterocycles. The maximum atomic E-state index is 5.43. The summed E-state index contributed by atoms with van der Waals surface area (Å²) in [7, 11) is 0. The molecule has 0 aliphatic carbocycles. The van der Waals surface area contributed by atoms with Crippen LogP contribution in [0.3, 0.4) is 0 Å². The van der Waals surface area contributed by atoms with Crippen LogP contribution in [0.4, 0.5) is 0 Å². The van der Waals surface area contributed by atoms with E-state index in [1.54, 1.807) is 4.68 Å². The molecule has 80 valence electrons. The molecule has 0 radical (unpaired) electrons. The third kappa shape index (κ3) is 2.04. The van der Waals surface area contributed by atoms with Crippen LogP contribution in [0.5, 0.6) is 0 Å². The summed E-state index contributed by atoms with van der Waals surface area (Å²) in [6.07, 6.45) is 0. The molecule has 6 heteroatoms. The monoisotopic (exact) mass is 207 g/mol. The van der Waals surface area contributed by atoms with Crippen molar-refractivity contribution in [3.05, 3.63) is 29.2 Å². The van der Waals surface area contributed by atoms with E-state index in [1.165, 1.54) is 0 Å². The molecule has 0 amide bonds. The van der Waals surface area contributed by atoms with Gasteiger partial charge in [-0.25, -0.2) is 9.67 Å². The average Bonchev–Trinajstić information content (AvgIpc) is 2.75. The lowest BCUT2D eigenvalue weighted by atomic mass is 10.3. The van der Waals surface area contributed by atoms with E-state index in [9.17, 15) is 0 Å². The minimum Gasteiger partial charge on any atom is -0.359 e. The molecule has 0 aromatic carbocycles. The first-order valence-corrected chi connectivity index (χ1v) is 4.71. The molecular formula is C9H13N5O. The van der Waals surface area contributed by atoms with Crippen LogP contribution in [0.2, 0.25) is 0 Å². The quantitative estimate of drug-likeness (QED) is 0.787. The van der Waals surface area contributed by atoms with Gasteiger partial charge >= 0.3 is 0 Å². The van der Waals surface area contributed by atoms with E-state index in [-0.39, 0.29) is 0 Å². The lowest BCUT2D eigenvalue weighted by Crippen LogP contribution is -2.03. The number of nitrogens with zero attached hydrogens (tertiary/aromatic N) is 4. The van der Waals surface area contributed by atoms with Gasteiger partial charge in [-0.15, -0.1) is 0 Å². The first kappa shape index (κ1) is 9.85. The van der Waals surface area contributed by atoms with Crippen LogP contribution < -0.4 is 5.73 Å². The molecule has 0 bridgehead atoms. The van der Waals surface area contributed by atoms with Gasteiger partial charge in [-0.1, -0.05) is 5.16 Å². The second-order valence-corrected chi connectivity index (χ2v) is 3.35. The maximum absolute atomic E-state index is 5.43. The number of hydrogen-bond donors (Lipinski definition) is 1. The highest BCUT2D eigenvalue weighted by molar-refractivity contribution is 5.05. The maximum Gasteiger partial charge on any atom is 0.158 e. The fourth-order valence-electron chi connectivity index (χ4n) is 1.39. The van der Waals surface area contributed by atoms with Crippen molar-refractivity contribution in [2.75, 3.05) is 0 Å². The fourth-order valence-corrected chi connectivity index (χ4v) is 1.39. The van der Waals surface area contributed by atoms with E-state index in [0.717, 1.165) is 23.1 Å². The van der Waals surface area contributed by atoms with E-state index >= 15 is 0 Å². The number of rotatable bonds is 3. The Kier molecular flexibility index (Phi) is 2.51. The smallest absolute Gasteiger partial charge is 0.158 e. The third-order valence-corrected chi connectivity index (χ3v) is 2.09. The third-order valence-electron chi connectivity index (χ3n) is 2.09. The average molecular weight is 207 g/mol. The zero-order chi connectivity index (χ0) is 10.8. The van der Waals surface area contributed by atoms with E-state index < -0.39 is 0 Å². The van der Waals surface area contributed by atoms with Crippen LogP contribution in [0.15, 0.2) is 10.6 Å². The Balaban J connectivity index is 2.17. The first-order chi connectivity index (χ1) is 7.19. The fraction of sp³-hybridized carbons (Fsp3) is 0.444. The zero-order valence-corrected chi connectivity index (χ0v) is 8.77. The highest BCUT2D eigenvalue weighted by atomic mass is 16.5. The van der Waals surface area contributed by atoms with Crippen LogP contribution in [0, 0.1) is 13.8 Å². The second kappa shape index (κ2) is 3.82. The van der Waals surface area contributed by atoms with Gasteiger partial charge in [-0.2, -0.15) is 5.10 Å². The Morgan fingerprint density at radius 2 is 2.27 bits per heavy atom. The summed E-state index contributed by atoms with van der Waals surface area (Å²) in [6, 6.07) is 1.83. The topological polar surface area (TPSA) is 82.8 Å². The Bertz CT molecular complexity index is 459. The van der Waals surface area contributed by atoms with Crippen molar-refractivity contribution >= 4 is 0 Å². The van der Waals surface area contributed by atoms with Crippen LogP contribution >= 0.6 is 0 Å². The van der Waals surface area contributed by atoms with Crippen LogP contribution in [-0.2, 0) is 13.1 Å². The van der Waals surface area contributed by atoms with Crippen LogP contribution in [-0.4, -0.2) is 19.9 Å². The lowest BCUT2D eigenvalue weighted by Gasteiger charge is -1.97. The second-order valence-electron chi connectivity index (χ2n) is 3.35. The molecule has 0 atom stereocenters. The number of aryl methyl sites for hydroxylation is 2. The van der Waals surface area contributed by atoms with Crippen molar-refractivity contribution in [1.29, 1.82) is 0 Å². The van der Waals surface area contributed by atoms with Crippen LogP contribution in [0.25, 0.3) is 0 Å². The molecule has 6 nitrogen and oxygen atoms in total. The normalized spacial score (nSPS) is 10.9. The highest BCUT2D eigenvalue weighted by Gasteiger charge is 2.07. The van der Waals surface area contributed by atoms with Crippen LogP contribution in [0.1, 0.15) is 23.1 Å². The molecule has 2 aromatic heterocycles. The predicted octanol–water partition coefficient (Wildman–Crippen LogP) is 0.390. The van der Waals surface area contributed by atoms with Gasteiger partial charge in [-0.05, 0) is 13.8 Å². The number of nitrogens with two attached hydrogens (primary N) is 1. The van der Waals surface area contributed by atoms with Gasteiger partial charge in [0.25, 0.3) is 0 Å². The van der Waals surface area contributed by atoms with Gasteiger partial charge in [0, 0.05) is 12.6 Å². The Morgan fingerprint density at radius 1 is 1.47 bits per heavy atom. The summed E-state index contributed by atoms with van der Waals surface area (Å²) in [5.74, 6) is 2.35. The largest absolute Gasteiger partial charge is 0.359 e. The molecule has 2 N–H and O–H groups in total. The minimum absolute atomic E-state index is 0.388. The summed E-state index contributed by atoms with van der Waals surface area (Å²) < 4.78 is 6.88. The van der Waals surface area contributed by atoms with Gasteiger partial charge in [0.15, 0.2) is 5.76 Å². The summed E-state index contributed by atoms with van der Waals surface area (Å²) in [5.41, 5.74) is 6.18. The number of hydrogen-bond acceptors (Lipinski definition) is 5. The van der Waals surface area contributed by atoms with Gasteiger partial charge in [-0.3, -0.25) is 0 Å². The SMILES string of the molecule is Cc1nc(C)n(Cc2cc(CN)no2)n1. The standard InChI is InChI=1S/C9H13N5O/c1-6-11-7(2)14(12-6)5-9-3-8(4-10)13-15-9/h3H,4-5,10H2,1-2H3. The van der Waals surface area contributed by atoms with Gasteiger partial charge in [0.1, 0.15) is 18.2 Å². The summed E-state index contributed by atoms with van der Waals surface area (Å²) >= 11 is 0. The predicted molar refractivity (Wildman–Crippen MR) is 53.0 cm³/mol. The molecule has 0 saturated heterocycles. The molecule has 0 fully saturated rings. The zero-order valence-electron chi connectivity index (χ0n) is 8.77. The van der Waals surface area contributed by atoms with Gasteiger partial charge in [0.05, 0.1) is 5.69 Å². The summed E-state index contributed by atoms with van der Waals surface area (Å²) in [5, 5.41) is 8.03. The summed E-state index contributed by atoms with van der Waals surface area (Å²) in [6.45, 7) is 4.69. The molecular weight excluding hydrogens is 194 g/mol. The lowest BCUT2D eigenvalue weighted by molar-refractivity contribution is 0.365. The van der Waals surface area contributed by atoms with Crippen molar-refractivity contribution in [2.24, 2.45) is 5.73 Å². The Labute approximate surface area is 87.1 Å². The molecule has 2 aromatic rings. The minimum atomic E-state index is 0.388. The molecule has 0 spiro atoms. The molecule has 0 aliphatic heterocycles. The Morgan fingerprint density at radius 3 is 2.80 bits per heavy atom. The van der Waals surface area contributed by atoms with E-state index in [4.69, 9.17) is 10.3 Å². The molecule has 0 saturated carbocycles. The molecule has 0 aliphatic rings. The van der Waals surface area contributed by atoms with Gasteiger partial charge in [0.2, 0.25) is 0 Å². The van der Waals surface area contributed by atoms with Crippen molar-refractivity contribution in [1.82, 2.24) is 19.9 Å². The van der Waals surface area contributed by atoms with Gasteiger partial charge < -0.3 is 10.3 Å². The Hall–Kier alpha value is -1.69. The van der Waals surface area contributed by atoms with E-state index in [1.807, 2.05) is 19.9 Å². The number of aromatic nitrogens is 4. The molecule has 0 unspecified atom stereocenters. The molecule has 15 heavy (non-hydrogen) atoms.